The summed E-state index contributed by atoms with van der Waals surface area (Å²) in [5.74, 6) is 0. The van der Waals surface area contributed by atoms with E-state index in [1.165, 1.54) is 25.7 Å². The fourth-order valence-electron chi connectivity index (χ4n) is 3.93. The number of non-ortho nitro benzene ring substituents is 1. The van der Waals surface area contributed by atoms with E-state index >= 15 is 0 Å². The number of benzene rings is 1. The lowest BCUT2D eigenvalue weighted by Crippen LogP contribution is -2.37. The van der Waals surface area contributed by atoms with E-state index in [9.17, 15) is 10.1 Å². The minimum atomic E-state index is -0.349. The van der Waals surface area contributed by atoms with Gasteiger partial charge in [0.05, 0.1) is 16.0 Å². The summed E-state index contributed by atoms with van der Waals surface area (Å²) in [7, 11) is 4.23. The molecule has 6 nitrogen and oxygen atoms in total. The van der Waals surface area contributed by atoms with E-state index < -0.39 is 0 Å². The number of pyridine rings is 1. The zero-order valence-electron chi connectivity index (χ0n) is 14.3. The average Bonchev–Trinajstić information content (AvgIpc) is 3.00. The number of fused-ring (bicyclic) bond motifs is 1. The van der Waals surface area contributed by atoms with Gasteiger partial charge in [-0.1, -0.05) is 12.8 Å². The molecule has 0 spiro atoms. The van der Waals surface area contributed by atoms with Crippen LogP contribution in [-0.4, -0.2) is 42.0 Å². The minimum absolute atomic E-state index is 0.104. The molecule has 1 aromatic heterocycles. The molecule has 1 fully saturated rings. The van der Waals surface area contributed by atoms with Crippen LogP contribution in [0, 0.1) is 15.5 Å². The third kappa shape index (κ3) is 3.33. The maximum Gasteiger partial charge on any atom is 0.278 e. The first-order valence-corrected chi connectivity index (χ1v) is 8.42. The zero-order chi connectivity index (χ0) is 17.2. The summed E-state index contributed by atoms with van der Waals surface area (Å²) in [6.45, 7) is 1.92. The minimum Gasteiger partial charge on any atom is -0.383 e. The van der Waals surface area contributed by atoms with Gasteiger partial charge in [0.25, 0.3) is 5.69 Å². The van der Waals surface area contributed by atoms with Gasteiger partial charge >= 0.3 is 0 Å². The highest BCUT2D eigenvalue weighted by atomic mass is 16.6. The van der Waals surface area contributed by atoms with Crippen LogP contribution in [0.1, 0.15) is 25.7 Å². The highest BCUT2D eigenvalue weighted by molar-refractivity contribution is 5.96. The van der Waals surface area contributed by atoms with Gasteiger partial charge in [-0.3, -0.25) is 15.1 Å². The van der Waals surface area contributed by atoms with Gasteiger partial charge in [-0.05, 0) is 45.1 Å². The summed E-state index contributed by atoms with van der Waals surface area (Å²) in [4.78, 5) is 17.5. The smallest absolute Gasteiger partial charge is 0.278 e. The molecule has 1 aliphatic carbocycles. The number of aromatic nitrogens is 1. The summed E-state index contributed by atoms with van der Waals surface area (Å²) in [5.41, 5.74) is 1.92. The number of rotatable bonds is 6. The van der Waals surface area contributed by atoms with Crippen LogP contribution in [0.15, 0.2) is 30.5 Å². The van der Waals surface area contributed by atoms with E-state index in [1.54, 1.807) is 30.5 Å². The standard InChI is InChI=1S/C18H24N4O2/c1-21(2)13-18(9-3-4-10-18)12-20-15-7-8-16(22(23)24)14-6-5-11-19-17(14)15/h5-8,11,20H,3-4,9-10,12-13H2,1-2H3. The molecule has 128 valence electrons. The number of hydrogen-bond acceptors (Lipinski definition) is 5. The number of hydrogen-bond donors (Lipinski definition) is 1. The average molecular weight is 328 g/mol. The second-order valence-electron chi connectivity index (χ2n) is 7.09. The molecular formula is C18H24N4O2. The van der Waals surface area contributed by atoms with Gasteiger partial charge < -0.3 is 10.2 Å². The molecule has 3 rings (SSSR count). The van der Waals surface area contributed by atoms with Crippen LogP contribution < -0.4 is 5.32 Å². The van der Waals surface area contributed by atoms with Crippen LogP contribution in [0.2, 0.25) is 0 Å². The summed E-state index contributed by atoms with van der Waals surface area (Å²) in [6.07, 6.45) is 6.67. The Hall–Kier alpha value is -2.21. The van der Waals surface area contributed by atoms with Crippen molar-refractivity contribution >= 4 is 22.3 Å². The van der Waals surface area contributed by atoms with Crippen LogP contribution in [-0.2, 0) is 0 Å². The van der Waals surface area contributed by atoms with Gasteiger partial charge in [-0.25, -0.2) is 0 Å². The summed E-state index contributed by atoms with van der Waals surface area (Å²) < 4.78 is 0. The highest BCUT2D eigenvalue weighted by Gasteiger charge is 2.34. The predicted molar refractivity (Wildman–Crippen MR) is 96.3 cm³/mol. The van der Waals surface area contributed by atoms with Crippen LogP contribution in [0.3, 0.4) is 0 Å². The molecule has 1 heterocycles. The third-order valence-corrected chi connectivity index (χ3v) is 4.91. The summed E-state index contributed by atoms with van der Waals surface area (Å²) in [5, 5.41) is 15.3. The topological polar surface area (TPSA) is 71.3 Å². The molecule has 0 unspecified atom stereocenters. The number of anilines is 1. The first-order valence-electron chi connectivity index (χ1n) is 8.42. The molecule has 0 aliphatic heterocycles. The largest absolute Gasteiger partial charge is 0.383 e. The number of nitro groups is 1. The molecule has 0 bridgehead atoms. The predicted octanol–water partition coefficient (Wildman–Crippen LogP) is 3.68. The van der Waals surface area contributed by atoms with Gasteiger partial charge in [0.15, 0.2) is 0 Å². The molecule has 0 amide bonds. The van der Waals surface area contributed by atoms with Crippen molar-refractivity contribution in [3.8, 4) is 0 Å². The second-order valence-corrected chi connectivity index (χ2v) is 7.09. The van der Waals surface area contributed by atoms with E-state index in [1.807, 2.05) is 0 Å². The maximum absolute atomic E-state index is 11.2. The molecule has 1 N–H and O–H groups in total. The molecule has 0 saturated heterocycles. The van der Waals surface area contributed by atoms with E-state index in [0.717, 1.165) is 18.8 Å². The number of nitrogens with one attached hydrogen (secondary N) is 1. The number of nitrogens with zero attached hydrogens (tertiary/aromatic N) is 3. The Bertz CT molecular complexity index is 739. The van der Waals surface area contributed by atoms with Crippen molar-refractivity contribution in [1.82, 2.24) is 9.88 Å². The normalized spacial score (nSPS) is 16.6. The summed E-state index contributed by atoms with van der Waals surface area (Å²) >= 11 is 0. The van der Waals surface area contributed by atoms with Crippen molar-refractivity contribution in [2.75, 3.05) is 32.5 Å². The van der Waals surface area contributed by atoms with E-state index in [-0.39, 0.29) is 16.0 Å². The molecule has 2 aromatic rings. The molecule has 1 saturated carbocycles. The monoisotopic (exact) mass is 328 g/mol. The first kappa shape index (κ1) is 16.6. The maximum atomic E-state index is 11.2. The molecule has 1 aliphatic rings. The quantitative estimate of drug-likeness (QED) is 0.647. The van der Waals surface area contributed by atoms with Crippen molar-refractivity contribution in [1.29, 1.82) is 0 Å². The second kappa shape index (κ2) is 6.73. The lowest BCUT2D eigenvalue weighted by Gasteiger charge is -2.32. The fraction of sp³-hybridized carbons (Fsp3) is 0.500. The lowest BCUT2D eigenvalue weighted by atomic mass is 9.85. The first-order chi connectivity index (χ1) is 11.5. The third-order valence-electron chi connectivity index (χ3n) is 4.91. The Morgan fingerprint density at radius 1 is 1.29 bits per heavy atom. The number of nitro benzene ring substituents is 1. The van der Waals surface area contributed by atoms with Crippen LogP contribution >= 0.6 is 0 Å². The Labute approximate surface area is 142 Å². The van der Waals surface area contributed by atoms with E-state index in [2.05, 4.69) is 29.3 Å². The molecule has 1 aromatic carbocycles. The zero-order valence-corrected chi connectivity index (χ0v) is 14.3. The molecule has 0 atom stereocenters. The lowest BCUT2D eigenvalue weighted by molar-refractivity contribution is -0.383. The molecular weight excluding hydrogens is 304 g/mol. The van der Waals surface area contributed by atoms with Crippen molar-refractivity contribution in [2.45, 2.75) is 25.7 Å². The fourth-order valence-corrected chi connectivity index (χ4v) is 3.93. The Morgan fingerprint density at radius 3 is 2.71 bits per heavy atom. The van der Waals surface area contributed by atoms with Gasteiger partial charge in [0.1, 0.15) is 5.52 Å². The summed E-state index contributed by atoms with van der Waals surface area (Å²) in [6, 6.07) is 6.85. The van der Waals surface area contributed by atoms with Crippen LogP contribution in [0.5, 0.6) is 0 Å². The van der Waals surface area contributed by atoms with Crippen molar-refractivity contribution in [2.24, 2.45) is 5.41 Å². The van der Waals surface area contributed by atoms with Gasteiger partial charge in [0, 0.05) is 30.8 Å². The van der Waals surface area contributed by atoms with Gasteiger partial charge in [-0.15, -0.1) is 0 Å². The molecule has 6 heteroatoms. The Morgan fingerprint density at radius 2 is 2.04 bits per heavy atom. The SMILES string of the molecule is CN(C)CC1(CNc2ccc([N+](=O)[O-])c3cccnc23)CCCC1. The van der Waals surface area contributed by atoms with Gasteiger partial charge in [0.2, 0.25) is 0 Å². The molecule has 24 heavy (non-hydrogen) atoms. The Kier molecular flexibility index (Phi) is 4.66. The van der Waals surface area contributed by atoms with Crippen molar-refractivity contribution < 1.29 is 4.92 Å². The van der Waals surface area contributed by atoms with Gasteiger partial charge in [-0.2, -0.15) is 0 Å². The highest BCUT2D eigenvalue weighted by Crippen LogP contribution is 2.39. The molecule has 0 radical (unpaired) electrons. The van der Waals surface area contributed by atoms with Crippen LogP contribution in [0.4, 0.5) is 11.4 Å². The Balaban J connectivity index is 1.88. The van der Waals surface area contributed by atoms with Crippen molar-refractivity contribution in [3.05, 3.63) is 40.6 Å². The van der Waals surface area contributed by atoms with Crippen molar-refractivity contribution in [3.63, 3.8) is 0 Å². The van der Waals surface area contributed by atoms with E-state index in [4.69, 9.17) is 0 Å². The van der Waals surface area contributed by atoms with Crippen LogP contribution in [0.25, 0.3) is 10.9 Å². The van der Waals surface area contributed by atoms with E-state index in [0.29, 0.717) is 10.9 Å².